The third kappa shape index (κ3) is 3.90. The predicted molar refractivity (Wildman–Crippen MR) is 212 cm³/mol. The number of nitrogens with zero attached hydrogens (tertiary/aromatic N) is 2. The minimum absolute atomic E-state index is 0.283. The molecular formula is C48H32N2. The summed E-state index contributed by atoms with van der Waals surface area (Å²) >= 11 is 0. The molecule has 0 radical (unpaired) electrons. The van der Waals surface area contributed by atoms with E-state index in [0.717, 1.165) is 0 Å². The van der Waals surface area contributed by atoms with Gasteiger partial charge >= 0.3 is 0 Å². The molecule has 2 heteroatoms. The van der Waals surface area contributed by atoms with Crippen LogP contribution in [0.1, 0.15) is 11.5 Å². The van der Waals surface area contributed by atoms with E-state index >= 15 is 0 Å². The van der Waals surface area contributed by atoms with E-state index in [2.05, 4.69) is 191 Å². The highest BCUT2D eigenvalue weighted by atomic mass is 15.2. The molecule has 234 valence electrons. The van der Waals surface area contributed by atoms with Crippen LogP contribution >= 0.6 is 0 Å². The fourth-order valence-corrected chi connectivity index (χ4v) is 8.88. The first kappa shape index (κ1) is 27.6. The van der Waals surface area contributed by atoms with Crippen molar-refractivity contribution in [2.75, 3.05) is 4.90 Å². The first-order valence-corrected chi connectivity index (χ1v) is 17.5. The summed E-state index contributed by atoms with van der Waals surface area (Å²) in [6.07, 6.45) is 9.10. The number of para-hydroxylation sites is 2. The van der Waals surface area contributed by atoms with E-state index < -0.39 is 0 Å². The summed E-state index contributed by atoms with van der Waals surface area (Å²) in [6.45, 7) is 0. The van der Waals surface area contributed by atoms with Crippen LogP contribution in [0.25, 0.3) is 70.9 Å². The first-order valence-electron chi connectivity index (χ1n) is 17.5. The quantitative estimate of drug-likeness (QED) is 0.175. The number of hydrogen-bond acceptors (Lipinski definition) is 1. The van der Waals surface area contributed by atoms with Crippen LogP contribution in [0, 0.1) is 0 Å². The molecule has 2 aliphatic rings. The molecule has 1 aliphatic carbocycles. The van der Waals surface area contributed by atoms with Crippen LogP contribution in [0.3, 0.4) is 0 Å². The molecule has 11 rings (SSSR count). The number of rotatable bonds is 3. The molecule has 0 spiro atoms. The van der Waals surface area contributed by atoms with Crippen LogP contribution < -0.4 is 4.90 Å². The molecule has 50 heavy (non-hydrogen) atoms. The third-order valence-electron chi connectivity index (χ3n) is 11.1. The molecule has 2 nitrogen and oxygen atoms in total. The number of anilines is 2. The third-order valence-corrected chi connectivity index (χ3v) is 11.1. The van der Waals surface area contributed by atoms with Crippen molar-refractivity contribution in [3.63, 3.8) is 0 Å². The van der Waals surface area contributed by atoms with Gasteiger partial charge in [0.25, 0.3) is 0 Å². The zero-order chi connectivity index (χ0) is 32.8. The Hall–Kier alpha value is -6.38. The molecule has 0 saturated carbocycles. The fraction of sp³-hybridized carbons (Fsp3) is 0.0417. The SMILES string of the molecule is C1=CC2c3cc(-c4ccc5c(c4)c4ccccc4n5-c4ccc5c6ccccc6c6ccccc6c5c4)ccc3N(c3ccccc3)C2C=C1. The van der Waals surface area contributed by atoms with E-state index in [0.29, 0.717) is 5.92 Å². The number of benzene rings is 8. The van der Waals surface area contributed by atoms with Gasteiger partial charge in [-0.1, -0.05) is 127 Å². The molecule has 1 aromatic heterocycles. The normalized spacial score (nSPS) is 16.6. The predicted octanol–water partition coefficient (Wildman–Crippen LogP) is 12.6. The Morgan fingerprint density at radius 3 is 1.76 bits per heavy atom. The molecule has 9 aromatic rings. The van der Waals surface area contributed by atoms with E-state index in [-0.39, 0.29) is 6.04 Å². The van der Waals surface area contributed by atoms with Gasteiger partial charge in [0, 0.05) is 33.8 Å². The number of fused-ring (bicyclic) bond motifs is 12. The van der Waals surface area contributed by atoms with Gasteiger partial charge in [-0.05, 0) is 104 Å². The van der Waals surface area contributed by atoms with Gasteiger partial charge < -0.3 is 9.47 Å². The van der Waals surface area contributed by atoms with Crippen molar-refractivity contribution in [2.45, 2.75) is 12.0 Å². The molecule has 0 N–H and O–H groups in total. The van der Waals surface area contributed by atoms with E-state index in [1.165, 1.54) is 87.9 Å². The molecule has 0 saturated heterocycles. The van der Waals surface area contributed by atoms with E-state index in [1.54, 1.807) is 0 Å². The number of aromatic nitrogens is 1. The summed E-state index contributed by atoms with van der Waals surface area (Å²) in [4.78, 5) is 2.50. The van der Waals surface area contributed by atoms with Crippen LogP contribution in [0.5, 0.6) is 0 Å². The van der Waals surface area contributed by atoms with Gasteiger partial charge in [-0.3, -0.25) is 0 Å². The summed E-state index contributed by atoms with van der Waals surface area (Å²) in [5, 5.41) is 10.3. The number of allylic oxidation sites excluding steroid dienone is 2. The smallest absolute Gasteiger partial charge is 0.0629 e. The lowest BCUT2D eigenvalue weighted by atomic mass is 9.89. The summed E-state index contributed by atoms with van der Waals surface area (Å²) in [5.41, 5.74) is 10.0. The second-order valence-corrected chi connectivity index (χ2v) is 13.7. The molecule has 0 bridgehead atoms. The largest absolute Gasteiger partial charge is 0.333 e. The van der Waals surface area contributed by atoms with Gasteiger partial charge in [0.05, 0.1) is 17.1 Å². The van der Waals surface area contributed by atoms with Crippen molar-refractivity contribution in [3.8, 4) is 16.8 Å². The Balaban J connectivity index is 1.08. The van der Waals surface area contributed by atoms with E-state index in [1.807, 2.05) is 0 Å². The van der Waals surface area contributed by atoms with Crippen molar-refractivity contribution < 1.29 is 0 Å². The molecule has 0 amide bonds. The van der Waals surface area contributed by atoms with Crippen molar-refractivity contribution >= 4 is 65.5 Å². The van der Waals surface area contributed by atoms with Crippen molar-refractivity contribution in [1.82, 2.24) is 4.57 Å². The maximum absolute atomic E-state index is 2.50. The first-order chi connectivity index (χ1) is 24.8. The fourth-order valence-electron chi connectivity index (χ4n) is 8.88. The van der Waals surface area contributed by atoms with Gasteiger partial charge in [0.15, 0.2) is 0 Å². The Morgan fingerprint density at radius 1 is 0.380 bits per heavy atom. The molecule has 8 aromatic carbocycles. The lowest BCUT2D eigenvalue weighted by Gasteiger charge is -2.28. The monoisotopic (exact) mass is 636 g/mol. The topological polar surface area (TPSA) is 8.17 Å². The Kier molecular flexibility index (Phi) is 5.82. The van der Waals surface area contributed by atoms with Gasteiger partial charge in [0.1, 0.15) is 0 Å². The minimum atomic E-state index is 0.283. The maximum Gasteiger partial charge on any atom is 0.0629 e. The Bertz CT molecular complexity index is 2850. The van der Waals surface area contributed by atoms with Gasteiger partial charge in [-0.2, -0.15) is 0 Å². The molecule has 2 unspecified atom stereocenters. The standard InChI is InChI=1S/C48H32N2/c1-2-12-33(13-3-1)49-45-20-10-8-18-40(45)43-28-31(22-26-47(43)49)32-23-27-48-44(29-32)41-19-9-11-21-46(41)50(48)34-24-25-39-37-16-5-4-14-35(37)36-15-6-7-17-38(36)42(39)30-34/h1-30,40,45H. The van der Waals surface area contributed by atoms with Gasteiger partial charge in [-0.25, -0.2) is 0 Å². The highest BCUT2D eigenvalue weighted by molar-refractivity contribution is 6.25. The highest BCUT2D eigenvalue weighted by Crippen LogP contribution is 2.49. The van der Waals surface area contributed by atoms with Gasteiger partial charge in [-0.15, -0.1) is 0 Å². The maximum atomic E-state index is 2.50. The van der Waals surface area contributed by atoms with Crippen LogP contribution in [-0.2, 0) is 0 Å². The average Bonchev–Trinajstić information content (AvgIpc) is 3.70. The van der Waals surface area contributed by atoms with Crippen LogP contribution in [0.2, 0.25) is 0 Å². The highest BCUT2D eigenvalue weighted by Gasteiger charge is 2.37. The molecular weight excluding hydrogens is 605 g/mol. The van der Waals surface area contributed by atoms with Gasteiger partial charge in [0.2, 0.25) is 0 Å². The molecule has 0 fully saturated rings. The van der Waals surface area contributed by atoms with Crippen LogP contribution in [0.15, 0.2) is 182 Å². The second-order valence-electron chi connectivity index (χ2n) is 13.7. The van der Waals surface area contributed by atoms with E-state index in [4.69, 9.17) is 0 Å². The van der Waals surface area contributed by atoms with Crippen LogP contribution in [-0.4, -0.2) is 10.6 Å². The molecule has 2 heterocycles. The van der Waals surface area contributed by atoms with E-state index in [9.17, 15) is 0 Å². The van der Waals surface area contributed by atoms with Crippen molar-refractivity contribution in [1.29, 1.82) is 0 Å². The van der Waals surface area contributed by atoms with Crippen LogP contribution in [0.4, 0.5) is 11.4 Å². The average molecular weight is 637 g/mol. The Labute approximate surface area is 290 Å². The lowest BCUT2D eigenvalue weighted by molar-refractivity contribution is 0.745. The lowest BCUT2D eigenvalue weighted by Crippen LogP contribution is -2.28. The summed E-state index contributed by atoms with van der Waals surface area (Å²) < 4.78 is 2.45. The Morgan fingerprint density at radius 2 is 0.980 bits per heavy atom. The van der Waals surface area contributed by atoms with Crippen molar-refractivity contribution in [2.24, 2.45) is 0 Å². The second kappa shape index (κ2) is 10.6. The summed E-state index contributed by atoms with van der Waals surface area (Å²) in [5.74, 6) is 0.321. The summed E-state index contributed by atoms with van der Waals surface area (Å²) in [7, 11) is 0. The minimum Gasteiger partial charge on any atom is -0.333 e. The summed E-state index contributed by atoms with van der Waals surface area (Å²) in [6, 6.07) is 58.6. The molecule has 2 atom stereocenters. The zero-order valence-corrected chi connectivity index (χ0v) is 27.4. The zero-order valence-electron chi connectivity index (χ0n) is 27.4. The molecule has 1 aliphatic heterocycles. The van der Waals surface area contributed by atoms with Crippen molar-refractivity contribution in [3.05, 3.63) is 188 Å². The number of hydrogen-bond donors (Lipinski definition) is 0.